The van der Waals surface area contributed by atoms with E-state index in [1.165, 1.54) is 0 Å². The van der Waals surface area contributed by atoms with Gasteiger partial charge in [0.1, 0.15) is 11.5 Å². The maximum absolute atomic E-state index is 14.2. The summed E-state index contributed by atoms with van der Waals surface area (Å²) in [6.07, 6.45) is -4.96. The van der Waals surface area contributed by atoms with Crippen molar-refractivity contribution in [1.29, 1.82) is 0 Å². The number of carbonyl (C=O) groups excluding carboxylic acids is 1. The number of carbonyl (C=O) groups is 1. The molecule has 12 heteroatoms. The Hall–Kier alpha value is -2.66. The molecule has 1 aromatic heterocycles. The highest BCUT2D eigenvalue weighted by Crippen LogP contribution is 2.27. The Balaban J connectivity index is 2.80. The third kappa shape index (κ3) is 3.48. The molecule has 7 nitrogen and oxygen atoms in total. The lowest BCUT2D eigenvalue weighted by molar-refractivity contribution is -0.144. The molecule has 0 aliphatic carbocycles. The molecule has 0 fully saturated rings. The fourth-order valence-electron chi connectivity index (χ4n) is 2.15. The summed E-state index contributed by atoms with van der Waals surface area (Å²) in [5.41, 5.74) is -3.59. The second-order valence-corrected chi connectivity index (χ2v) is 5.37. The van der Waals surface area contributed by atoms with Crippen molar-refractivity contribution in [3.8, 4) is 5.69 Å². The molecule has 0 atom stereocenters. The van der Waals surface area contributed by atoms with Crippen LogP contribution in [0.2, 0.25) is 5.02 Å². The number of alkyl halides is 3. The molecule has 0 aliphatic heterocycles. The molecule has 1 heterocycles. The molecule has 0 spiro atoms. The van der Waals surface area contributed by atoms with Gasteiger partial charge < -0.3 is 0 Å². The molecular weight excluding hydrogens is 386 g/mol. The topological polar surface area (TPSA) is 82.3 Å². The predicted molar refractivity (Wildman–Crippen MR) is 81.7 cm³/mol. The zero-order valence-electron chi connectivity index (χ0n) is 13.1. The van der Waals surface area contributed by atoms with Gasteiger partial charge in [0.05, 0.1) is 23.4 Å². The van der Waals surface area contributed by atoms with Crippen LogP contribution in [0, 0.1) is 5.82 Å². The maximum Gasteiger partial charge on any atom is 0.431 e. The van der Waals surface area contributed by atoms with E-state index in [2.05, 4.69) is 4.84 Å². The Kier molecular flexibility index (Phi) is 5.23. The Labute approximate surface area is 147 Å². The van der Waals surface area contributed by atoms with E-state index in [0.717, 1.165) is 20.2 Å². The van der Waals surface area contributed by atoms with Crippen LogP contribution in [0.15, 0.2) is 27.8 Å². The van der Waals surface area contributed by atoms with Gasteiger partial charge in [-0.05, 0) is 12.1 Å². The molecule has 26 heavy (non-hydrogen) atoms. The van der Waals surface area contributed by atoms with Gasteiger partial charge in [0.15, 0.2) is 0 Å². The molecule has 1 N–H and O–H groups in total. The number of hydrogen-bond acceptors (Lipinski definition) is 4. The predicted octanol–water partition coefficient (Wildman–Crippen LogP) is 1.64. The molecule has 0 saturated heterocycles. The van der Waals surface area contributed by atoms with E-state index in [-0.39, 0.29) is 25.8 Å². The summed E-state index contributed by atoms with van der Waals surface area (Å²) in [6, 6.07) is 1.54. The SMILES string of the molecule is CONC(=O)c1cc(-n2c(=O)cc(C(F)(F)F)n(C)c2=O)c(F)cc1Cl. The fraction of sp³-hybridized carbons (Fsp3) is 0.214. The van der Waals surface area contributed by atoms with Crippen LogP contribution in [0.25, 0.3) is 5.69 Å². The van der Waals surface area contributed by atoms with Crippen molar-refractivity contribution < 1.29 is 27.2 Å². The van der Waals surface area contributed by atoms with Crippen LogP contribution in [0.4, 0.5) is 17.6 Å². The molecule has 0 aliphatic rings. The third-order valence-electron chi connectivity index (χ3n) is 3.33. The number of rotatable bonds is 3. The monoisotopic (exact) mass is 395 g/mol. The summed E-state index contributed by atoms with van der Waals surface area (Å²) in [7, 11) is 1.89. The highest BCUT2D eigenvalue weighted by molar-refractivity contribution is 6.33. The number of halogens is 5. The van der Waals surface area contributed by atoms with E-state index in [4.69, 9.17) is 11.6 Å². The van der Waals surface area contributed by atoms with Gasteiger partial charge in [-0.2, -0.15) is 13.2 Å². The van der Waals surface area contributed by atoms with Crippen molar-refractivity contribution in [2.24, 2.45) is 7.05 Å². The van der Waals surface area contributed by atoms with Crippen molar-refractivity contribution >= 4 is 17.5 Å². The molecular formula is C14H10ClF4N3O4. The first-order chi connectivity index (χ1) is 12.0. The first kappa shape index (κ1) is 19.7. The molecule has 140 valence electrons. The molecule has 0 radical (unpaired) electrons. The first-order valence-electron chi connectivity index (χ1n) is 6.72. The van der Waals surface area contributed by atoms with Crippen LogP contribution in [-0.2, 0) is 18.1 Å². The van der Waals surface area contributed by atoms with Gasteiger partial charge >= 0.3 is 11.9 Å². The van der Waals surface area contributed by atoms with E-state index in [9.17, 15) is 31.9 Å². The summed E-state index contributed by atoms with van der Waals surface area (Å²) in [5, 5.41) is -0.363. The zero-order chi connectivity index (χ0) is 19.8. The molecule has 1 aromatic carbocycles. The number of hydrogen-bond donors (Lipinski definition) is 1. The average Bonchev–Trinajstić information content (AvgIpc) is 2.52. The second-order valence-electron chi connectivity index (χ2n) is 4.96. The van der Waals surface area contributed by atoms with Crippen molar-refractivity contribution in [3.63, 3.8) is 0 Å². The molecule has 2 aromatic rings. The zero-order valence-corrected chi connectivity index (χ0v) is 13.9. The largest absolute Gasteiger partial charge is 0.431 e. The standard InChI is InChI=1S/C14H10ClF4N3O4/c1-21-10(14(17,18)19)5-11(23)22(13(21)25)9-3-6(12(24)20-26-2)7(15)4-8(9)16/h3-5H,1-2H3,(H,20,24). The van der Waals surface area contributed by atoms with Crippen molar-refractivity contribution in [2.45, 2.75) is 6.18 Å². The van der Waals surface area contributed by atoms with Crippen molar-refractivity contribution in [3.05, 3.63) is 61.1 Å². The van der Waals surface area contributed by atoms with Gasteiger partial charge in [-0.1, -0.05) is 11.6 Å². The van der Waals surface area contributed by atoms with Crippen LogP contribution in [0.5, 0.6) is 0 Å². The van der Waals surface area contributed by atoms with Crippen LogP contribution < -0.4 is 16.7 Å². The maximum atomic E-state index is 14.2. The van der Waals surface area contributed by atoms with Crippen LogP contribution in [-0.4, -0.2) is 22.2 Å². The van der Waals surface area contributed by atoms with Crippen LogP contribution >= 0.6 is 11.6 Å². The van der Waals surface area contributed by atoms with Crippen LogP contribution in [0.1, 0.15) is 16.1 Å². The highest BCUT2D eigenvalue weighted by Gasteiger charge is 2.35. The number of nitrogens with one attached hydrogen (secondary N) is 1. The molecule has 2 rings (SSSR count). The van der Waals surface area contributed by atoms with Gasteiger partial charge in [0, 0.05) is 13.1 Å². The number of benzene rings is 1. The summed E-state index contributed by atoms with van der Waals surface area (Å²) in [6.45, 7) is 0. The van der Waals surface area contributed by atoms with E-state index in [0.29, 0.717) is 6.07 Å². The minimum Gasteiger partial charge on any atom is -0.292 e. The Bertz CT molecular complexity index is 997. The quantitative estimate of drug-likeness (QED) is 0.632. The van der Waals surface area contributed by atoms with E-state index >= 15 is 0 Å². The summed E-state index contributed by atoms with van der Waals surface area (Å²) in [4.78, 5) is 40.4. The first-order valence-corrected chi connectivity index (χ1v) is 7.09. The van der Waals surface area contributed by atoms with Gasteiger partial charge in [-0.25, -0.2) is 19.2 Å². The van der Waals surface area contributed by atoms with Gasteiger partial charge in [0.2, 0.25) is 0 Å². The summed E-state index contributed by atoms with van der Waals surface area (Å²) in [5.74, 6) is -2.11. The molecule has 0 bridgehead atoms. The second kappa shape index (κ2) is 6.92. The normalized spacial score (nSPS) is 11.5. The number of nitrogens with zero attached hydrogens (tertiary/aromatic N) is 2. The minimum absolute atomic E-state index is 0.143. The van der Waals surface area contributed by atoms with Crippen LogP contribution in [0.3, 0.4) is 0 Å². The minimum atomic E-state index is -4.96. The van der Waals surface area contributed by atoms with Crippen molar-refractivity contribution in [1.82, 2.24) is 14.6 Å². The van der Waals surface area contributed by atoms with E-state index in [1.54, 1.807) is 0 Å². The van der Waals surface area contributed by atoms with Gasteiger partial charge in [0.25, 0.3) is 11.5 Å². The highest BCUT2D eigenvalue weighted by atomic mass is 35.5. The van der Waals surface area contributed by atoms with Gasteiger partial charge in [-0.15, -0.1) is 0 Å². The number of hydroxylamine groups is 1. The van der Waals surface area contributed by atoms with Crippen molar-refractivity contribution in [2.75, 3.05) is 7.11 Å². The number of aromatic nitrogens is 2. The lowest BCUT2D eigenvalue weighted by Gasteiger charge is -2.15. The molecule has 0 saturated carbocycles. The number of amides is 1. The van der Waals surface area contributed by atoms with E-state index < -0.39 is 40.5 Å². The summed E-state index contributed by atoms with van der Waals surface area (Å²) >= 11 is 5.74. The van der Waals surface area contributed by atoms with E-state index in [1.807, 2.05) is 5.48 Å². The third-order valence-corrected chi connectivity index (χ3v) is 3.64. The Morgan fingerprint density at radius 1 is 1.23 bits per heavy atom. The summed E-state index contributed by atoms with van der Waals surface area (Å²) < 4.78 is 53.1. The molecule has 0 unspecified atom stereocenters. The average molecular weight is 396 g/mol. The Morgan fingerprint density at radius 3 is 2.38 bits per heavy atom. The smallest absolute Gasteiger partial charge is 0.292 e. The lowest BCUT2D eigenvalue weighted by Crippen LogP contribution is -2.41. The van der Waals surface area contributed by atoms with Gasteiger partial charge in [-0.3, -0.25) is 19.0 Å². The Morgan fingerprint density at radius 2 is 1.85 bits per heavy atom. The fourth-order valence-corrected chi connectivity index (χ4v) is 2.39. The molecule has 1 amide bonds. The lowest BCUT2D eigenvalue weighted by atomic mass is 10.1.